The molecule has 0 unspecified atom stereocenters. The Morgan fingerprint density at radius 1 is 1.09 bits per heavy atom. The van der Waals surface area contributed by atoms with Gasteiger partial charge in [0.1, 0.15) is 5.75 Å². The number of carbonyl (C=O) groups excluding carboxylic acids is 1. The minimum absolute atomic E-state index is 0.0269. The molecule has 0 spiro atoms. The minimum Gasteiger partial charge on any atom is -0.454 e. The van der Waals surface area contributed by atoms with Crippen LogP contribution in [-0.4, -0.2) is 5.78 Å². The van der Waals surface area contributed by atoms with Crippen LogP contribution in [0.5, 0.6) is 11.5 Å². The highest BCUT2D eigenvalue weighted by atomic mass is 19.1. The maximum absolute atomic E-state index is 13.8. The first-order valence-corrected chi connectivity index (χ1v) is 7.24. The number of nitrogens with two attached hydrogens (primary N) is 1. The van der Waals surface area contributed by atoms with E-state index in [1.54, 1.807) is 25.1 Å². The lowest BCUT2D eigenvalue weighted by Gasteiger charge is -2.14. The van der Waals surface area contributed by atoms with E-state index in [0.29, 0.717) is 16.9 Å². The molecule has 0 bridgehead atoms. The number of aryl methyl sites for hydroxylation is 1. The lowest BCUT2D eigenvalue weighted by Crippen LogP contribution is -2.02. The number of nitrogen functional groups attached to an aromatic ring is 1. The number of Topliss-reactive ketones (excluding diaryl/α,β-unsaturated/α-hetero) is 1. The molecular weight excluding hydrogens is 281 g/mol. The minimum atomic E-state index is -0.600. The van der Waals surface area contributed by atoms with Crippen molar-refractivity contribution in [3.63, 3.8) is 0 Å². The molecule has 2 aromatic carbocycles. The maximum atomic E-state index is 13.8. The van der Waals surface area contributed by atoms with Gasteiger partial charge in [0.25, 0.3) is 0 Å². The molecule has 2 rings (SSSR count). The van der Waals surface area contributed by atoms with Crippen molar-refractivity contribution < 1.29 is 13.9 Å². The predicted molar refractivity (Wildman–Crippen MR) is 88.2 cm³/mol. The summed E-state index contributed by atoms with van der Waals surface area (Å²) in [6.45, 7) is 9.14. The Hall–Kier alpha value is -2.36. The number of rotatable bonds is 3. The third-order valence-corrected chi connectivity index (χ3v) is 3.19. The summed E-state index contributed by atoms with van der Waals surface area (Å²) in [6.07, 6.45) is 0. The SMILES string of the molecule is CC.CC(=O)c1c(C)ccc(Oc2cccc(N)c2F)c1C. The highest BCUT2D eigenvalue weighted by Gasteiger charge is 2.14. The third kappa shape index (κ3) is 3.64. The quantitative estimate of drug-likeness (QED) is 0.638. The van der Waals surface area contributed by atoms with Crippen molar-refractivity contribution in [2.75, 3.05) is 5.73 Å². The van der Waals surface area contributed by atoms with E-state index in [9.17, 15) is 9.18 Å². The van der Waals surface area contributed by atoms with Crippen molar-refractivity contribution in [3.8, 4) is 11.5 Å². The van der Waals surface area contributed by atoms with Gasteiger partial charge in [0.15, 0.2) is 17.3 Å². The lowest BCUT2D eigenvalue weighted by atomic mass is 9.99. The zero-order valence-electron chi connectivity index (χ0n) is 13.7. The summed E-state index contributed by atoms with van der Waals surface area (Å²) >= 11 is 0. The average molecular weight is 303 g/mol. The lowest BCUT2D eigenvalue weighted by molar-refractivity contribution is 0.101. The summed E-state index contributed by atoms with van der Waals surface area (Å²) in [5, 5.41) is 0. The maximum Gasteiger partial charge on any atom is 0.188 e. The Morgan fingerprint density at radius 2 is 1.73 bits per heavy atom. The van der Waals surface area contributed by atoms with Crippen LogP contribution in [0.25, 0.3) is 0 Å². The normalized spacial score (nSPS) is 9.73. The molecule has 4 heteroatoms. The fourth-order valence-corrected chi connectivity index (χ4v) is 2.21. The standard InChI is InChI=1S/C16H16FNO2.C2H6/c1-9-7-8-13(10(2)15(9)11(3)19)20-14-6-4-5-12(18)16(14)17;1-2/h4-8H,18H2,1-3H3;1-2H3. The van der Waals surface area contributed by atoms with Crippen LogP contribution in [0.4, 0.5) is 10.1 Å². The van der Waals surface area contributed by atoms with Gasteiger partial charge in [-0.3, -0.25) is 4.79 Å². The molecule has 22 heavy (non-hydrogen) atoms. The van der Waals surface area contributed by atoms with E-state index in [1.165, 1.54) is 19.1 Å². The second-order valence-corrected chi connectivity index (χ2v) is 4.70. The Labute approximate surface area is 130 Å². The Balaban J connectivity index is 0.00000116. The van der Waals surface area contributed by atoms with Gasteiger partial charge in [0.05, 0.1) is 5.69 Å². The number of halogens is 1. The van der Waals surface area contributed by atoms with Crippen LogP contribution in [0.3, 0.4) is 0 Å². The van der Waals surface area contributed by atoms with Gasteiger partial charge in [0.2, 0.25) is 0 Å². The van der Waals surface area contributed by atoms with Crippen molar-refractivity contribution in [3.05, 3.63) is 52.8 Å². The molecule has 0 saturated carbocycles. The molecule has 2 N–H and O–H groups in total. The van der Waals surface area contributed by atoms with E-state index in [4.69, 9.17) is 10.5 Å². The number of hydrogen-bond donors (Lipinski definition) is 1. The average Bonchev–Trinajstić information content (AvgIpc) is 2.48. The number of anilines is 1. The zero-order valence-corrected chi connectivity index (χ0v) is 13.7. The van der Waals surface area contributed by atoms with Gasteiger partial charge in [-0.05, 0) is 44.5 Å². The first-order chi connectivity index (χ1) is 10.4. The number of hydrogen-bond acceptors (Lipinski definition) is 3. The molecule has 0 heterocycles. The fraction of sp³-hybridized carbons (Fsp3) is 0.278. The number of carbonyl (C=O) groups is 1. The van der Waals surface area contributed by atoms with Crippen molar-refractivity contribution in [2.45, 2.75) is 34.6 Å². The Morgan fingerprint density at radius 3 is 2.32 bits per heavy atom. The molecule has 0 aliphatic carbocycles. The molecule has 0 aliphatic heterocycles. The Kier molecular flexibility index (Phi) is 6.11. The van der Waals surface area contributed by atoms with Gasteiger partial charge >= 0.3 is 0 Å². The molecule has 0 amide bonds. The predicted octanol–water partition coefficient (Wildman–Crippen LogP) is 5.05. The van der Waals surface area contributed by atoms with E-state index >= 15 is 0 Å². The topological polar surface area (TPSA) is 52.3 Å². The van der Waals surface area contributed by atoms with E-state index in [2.05, 4.69) is 0 Å². The van der Waals surface area contributed by atoms with Crippen LogP contribution in [-0.2, 0) is 0 Å². The van der Waals surface area contributed by atoms with Gasteiger partial charge in [-0.15, -0.1) is 0 Å². The second kappa shape index (κ2) is 7.59. The molecule has 0 atom stereocenters. The van der Waals surface area contributed by atoms with Gasteiger partial charge in [-0.2, -0.15) is 0 Å². The van der Waals surface area contributed by atoms with Gasteiger partial charge < -0.3 is 10.5 Å². The summed E-state index contributed by atoms with van der Waals surface area (Å²) < 4.78 is 19.4. The van der Waals surface area contributed by atoms with Crippen molar-refractivity contribution >= 4 is 11.5 Å². The van der Waals surface area contributed by atoms with Gasteiger partial charge in [0, 0.05) is 11.1 Å². The van der Waals surface area contributed by atoms with E-state index < -0.39 is 5.82 Å². The molecular formula is C18H22FNO2. The third-order valence-electron chi connectivity index (χ3n) is 3.19. The summed E-state index contributed by atoms with van der Waals surface area (Å²) in [5.74, 6) is -0.146. The molecule has 0 saturated heterocycles. The largest absolute Gasteiger partial charge is 0.454 e. The molecule has 2 aromatic rings. The first-order valence-electron chi connectivity index (χ1n) is 7.24. The van der Waals surface area contributed by atoms with Gasteiger partial charge in [-0.25, -0.2) is 4.39 Å². The van der Waals surface area contributed by atoms with Crippen LogP contribution < -0.4 is 10.5 Å². The van der Waals surface area contributed by atoms with Crippen molar-refractivity contribution in [2.24, 2.45) is 0 Å². The van der Waals surface area contributed by atoms with Crippen LogP contribution >= 0.6 is 0 Å². The van der Waals surface area contributed by atoms with Crippen molar-refractivity contribution in [1.82, 2.24) is 0 Å². The highest BCUT2D eigenvalue weighted by molar-refractivity contribution is 5.97. The molecule has 0 radical (unpaired) electrons. The van der Waals surface area contributed by atoms with Crippen LogP contribution in [0.1, 0.15) is 42.3 Å². The smallest absolute Gasteiger partial charge is 0.188 e. The van der Waals surface area contributed by atoms with E-state index in [0.717, 1.165) is 5.56 Å². The van der Waals surface area contributed by atoms with E-state index in [-0.39, 0.29) is 17.2 Å². The summed E-state index contributed by atoms with van der Waals surface area (Å²) in [5.41, 5.74) is 7.70. The molecule has 3 nitrogen and oxygen atoms in total. The number of benzene rings is 2. The Bertz CT molecular complexity index is 681. The van der Waals surface area contributed by atoms with Gasteiger partial charge in [-0.1, -0.05) is 26.0 Å². The second-order valence-electron chi connectivity index (χ2n) is 4.70. The first kappa shape index (κ1) is 17.7. The summed E-state index contributed by atoms with van der Waals surface area (Å²) in [4.78, 5) is 11.7. The number of ether oxygens (including phenoxy) is 1. The van der Waals surface area contributed by atoms with E-state index in [1.807, 2.05) is 20.8 Å². The molecule has 0 fully saturated rings. The summed E-state index contributed by atoms with van der Waals surface area (Å²) in [6, 6.07) is 8.08. The molecule has 0 aromatic heterocycles. The molecule has 118 valence electrons. The fourth-order valence-electron chi connectivity index (χ4n) is 2.21. The van der Waals surface area contributed by atoms with Crippen molar-refractivity contribution in [1.29, 1.82) is 0 Å². The zero-order chi connectivity index (χ0) is 16.9. The molecule has 0 aliphatic rings. The van der Waals surface area contributed by atoms with Crippen LogP contribution in [0, 0.1) is 19.7 Å². The number of ketones is 1. The van der Waals surface area contributed by atoms with Crippen LogP contribution in [0.2, 0.25) is 0 Å². The van der Waals surface area contributed by atoms with Crippen LogP contribution in [0.15, 0.2) is 30.3 Å². The monoisotopic (exact) mass is 303 g/mol. The summed E-state index contributed by atoms with van der Waals surface area (Å²) in [7, 11) is 0. The highest BCUT2D eigenvalue weighted by Crippen LogP contribution is 2.32.